The van der Waals surface area contributed by atoms with Gasteiger partial charge in [0, 0.05) is 34.6 Å². The van der Waals surface area contributed by atoms with Gasteiger partial charge < -0.3 is 0 Å². The quantitative estimate of drug-likeness (QED) is 0.614. The smallest absolute Gasteiger partial charge is 0.114 e. The molecular formula is C6H4ClN3Na. The molecule has 3 nitrogen and oxygen atoms in total. The Kier molecular flexibility index (Phi) is 2.90. The molecule has 0 bridgehead atoms. The minimum absolute atomic E-state index is 0. The van der Waals surface area contributed by atoms with E-state index in [1.165, 1.54) is 0 Å². The van der Waals surface area contributed by atoms with Gasteiger partial charge in [-0.3, -0.25) is 0 Å². The van der Waals surface area contributed by atoms with E-state index in [0.717, 1.165) is 11.0 Å². The van der Waals surface area contributed by atoms with Crippen LogP contribution in [0.25, 0.3) is 11.0 Å². The van der Waals surface area contributed by atoms with Crippen LogP contribution in [0, 0.1) is 0 Å². The minimum atomic E-state index is 0. The molecule has 0 amide bonds. The maximum Gasteiger partial charge on any atom is 0.114 e. The summed E-state index contributed by atoms with van der Waals surface area (Å²) in [5.74, 6) is 0. The average Bonchev–Trinajstić information content (AvgIpc) is 2.33. The van der Waals surface area contributed by atoms with Crippen LogP contribution in [0.4, 0.5) is 0 Å². The SMILES string of the molecule is Clc1ccc2n[nH]nc2c1.[Na]. The van der Waals surface area contributed by atoms with Gasteiger partial charge in [-0.15, -0.1) is 0 Å². The molecule has 1 radical (unpaired) electrons. The molecule has 1 aromatic carbocycles. The number of nitrogens with one attached hydrogen (secondary N) is 1. The predicted molar refractivity (Wildman–Crippen MR) is 44.7 cm³/mol. The summed E-state index contributed by atoms with van der Waals surface area (Å²) in [5, 5.41) is 10.9. The first-order valence-electron chi connectivity index (χ1n) is 2.82. The summed E-state index contributed by atoms with van der Waals surface area (Å²) in [6.45, 7) is 0. The van der Waals surface area contributed by atoms with Gasteiger partial charge >= 0.3 is 0 Å². The Hall–Kier alpha value is -0.0900. The Balaban J connectivity index is 0.000000605. The zero-order chi connectivity index (χ0) is 6.97. The number of H-pyrrole nitrogens is 1. The number of aromatic amines is 1. The van der Waals surface area contributed by atoms with Crippen molar-refractivity contribution in [1.82, 2.24) is 15.4 Å². The summed E-state index contributed by atoms with van der Waals surface area (Å²) in [5.41, 5.74) is 1.64. The van der Waals surface area contributed by atoms with Crippen molar-refractivity contribution in [2.24, 2.45) is 0 Å². The van der Waals surface area contributed by atoms with E-state index in [1.54, 1.807) is 12.1 Å². The van der Waals surface area contributed by atoms with Crippen LogP contribution in [0.5, 0.6) is 0 Å². The van der Waals surface area contributed by atoms with E-state index in [9.17, 15) is 0 Å². The second kappa shape index (κ2) is 3.54. The standard InChI is InChI=1S/C6H4ClN3.Na/c7-4-1-2-5-6(3-4)9-10-8-5;/h1-3H,(H,8,9,10);. The minimum Gasteiger partial charge on any atom is -0.197 e. The van der Waals surface area contributed by atoms with E-state index < -0.39 is 0 Å². The van der Waals surface area contributed by atoms with Gasteiger partial charge in [-0.2, -0.15) is 15.4 Å². The fourth-order valence-corrected chi connectivity index (χ4v) is 0.980. The van der Waals surface area contributed by atoms with Crippen LogP contribution < -0.4 is 0 Å². The van der Waals surface area contributed by atoms with Crippen molar-refractivity contribution < 1.29 is 0 Å². The molecule has 2 rings (SSSR count). The zero-order valence-electron chi connectivity index (χ0n) is 6.00. The second-order valence-electron chi connectivity index (χ2n) is 1.96. The maximum absolute atomic E-state index is 5.69. The zero-order valence-corrected chi connectivity index (χ0v) is 8.76. The molecule has 51 valence electrons. The van der Waals surface area contributed by atoms with Crippen molar-refractivity contribution in [2.75, 3.05) is 0 Å². The summed E-state index contributed by atoms with van der Waals surface area (Å²) >= 11 is 5.69. The van der Waals surface area contributed by atoms with E-state index >= 15 is 0 Å². The van der Waals surface area contributed by atoms with Gasteiger partial charge in [0.1, 0.15) is 11.0 Å². The molecule has 2 aromatic rings. The van der Waals surface area contributed by atoms with Crippen molar-refractivity contribution >= 4 is 52.2 Å². The molecule has 0 unspecified atom stereocenters. The summed E-state index contributed by atoms with van der Waals surface area (Å²) < 4.78 is 0. The molecule has 5 heteroatoms. The van der Waals surface area contributed by atoms with Crippen LogP contribution in [0.2, 0.25) is 5.02 Å². The maximum atomic E-state index is 5.69. The predicted octanol–water partition coefficient (Wildman–Crippen LogP) is 1.23. The van der Waals surface area contributed by atoms with Gasteiger partial charge in [-0.25, -0.2) is 0 Å². The number of nitrogens with zero attached hydrogens (tertiary/aromatic N) is 2. The van der Waals surface area contributed by atoms with Crippen LogP contribution in [0.1, 0.15) is 0 Å². The van der Waals surface area contributed by atoms with Crippen LogP contribution in [0.15, 0.2) is 18.2 Å². The van der Waals surface area contributed by atoms with Gasteiger partial charge in [0.05, 0.1) is 0 Å². The summed E-state index contributed by atoms with van der Waals surface area (Å²) in [4.78, 5) is 0. The first kappa shape index (κ1) is 9.00. The van der Waals surface area contributed by atoms with Gasteiger partial charge in [0.2, 0.25) is 0 Å². The van der Waals surface area contributed by atoms with Crippen molar-refractivity contribution in [3.8, 4) is 0 Å². The van der Waals surface area contributed by atoms with Crippen LogP contribution >= 0.6 is 11.6 Å². The Bertz CT molecular complexity index is 359. The fraction of sp³-hybridized carbons (Fsp3) is 0. The Morgan fingerprint density at radius 1 is 1.18 bits per heavy atom. The van der Waals surface area contributed by atoms with Crippen molar-refractivity contribution in [3.05, 3.63) is 23.2 Å². The number of benzene rings is 1. The number of fused-ring (bicyclic) bond motifs is 1. The molecule has 1 heterocycles. The molecular weight excluding hydrogens is 173 g/mol. The second-order valence-corrected chi connectivity index (χ2v) is 2.39. The Morgan fingerprint density at radius 2 is 1.91 bits per heavy atom. The molecule has 0 saturated heterocycles. The summed E-state index contributed by atoms with van der Waals surface area (Å²) in [6, 6.07) is 5.37. The number of rotatable bonds is 0. The van der Waals surface area contributed by atoms with E-state index in [0.29, 0.717) is 5.02 Å². The topological polar surface area (TPSA) is 41.6 Å². The van der Waals surface area contributed by atoms with Gasteiger partial charge in [-0.05, 0) is 18.2 Å². The molecule has 0 aliphatic rings. The Labute approximate surface area is 90.4 Å². The fourth-order valence-electron chi connectivity index (χ4n) is 0.813. The molecule has 0 atom stereocenters. The van der Waals surface area contributed by atoms with Crippen molar-refractivity contribution in [3.63, 3.8) is 0 Å². The van der Waals surface area contributed by atoms with Crippen LogP contribution in [0.3, 0.4) is 0 Å². The molecule has 0 fully saturated rings. The van der Waals surface area contributed by atoms with Crippen molar-refractivity contribution in [1.29, 1.82) is 0 Å². The molecule has 0 saturated carbocycles. The van der Waals surface area contributed by atoms with Gasteiger partial charge in [0.15, 0.2) is 0 Å². The van der Waals surface area contributed by atoms with Gasteiger partial charge in [-0.1, -0.05) is 11.6 Å². The summed E-state index contributed by atoms with van der Waals surface area (Å²) in [6.07, 6.45) is 0. The molecule has 1 aromatic heterocycles. The van der Waals surface area contributed by atoms with Crippen LogP contribution in [-0.2, 0) is 0 Å². The number of hydrogen-bond donors (Lipinski definition) is 1. The van der Waals surface area contributed by atoms with E-state index in [2.05, 4.69) is 15.4 Å². The number of halogens is 1. The summed E-state index contributed by atoms with van der Waals surface area (Å²) in [7, 11) is 0. The average molecular weight is 177 g/mol. The number of hydrogen-bond acceptors (Lipinski definition) is 2. The largest absolute Gasteiger partial charge is 0.197 e. The normalized spacial score (nSPS) is 9.55. The van der Waals surface area contributed by atoms with Crippen LogP contribution in [-0.4, -0.2) is 45.0 Å². The molecule has 0 aliphatic carbocycles. The third kappa shape index (κ3) is 1.73. The van der Waals surface area contributed by atoms with E-state index in [4.69, 9.17) is 11.6 Å². The third-order valence-electron chi connectivity index (χ3n) is 1.28. The third-order valence-corrected chi connectivity index (χ3v) is 1.51. The molecule has 11 heavy (non-hydrogen) atoms. The first-order chi connectivity index (χ1) is 4.86. The van der Waals surface area contributed by atoms with E-state index in [-0.39, 0.29) is 29.6 Å². The molecule has 0 aliphatic heterocycles. The van der Waals surface area contributed by atoms with E-state index in [1.807, 2.05) is 6.07 Å². The first-order valence-corrected chi connectivity index (χ1v) is 3.20. The monoisotopic (exact) mass is 176 g/mol. The molecule has 0 spiro atoms. The van der Waals surface area contributed by atoms with Crippen molar-refractivity contribution in [2.45, 2.75) is 0 Å². The molecule has 1 N–H and O–H groups in total. The number of aromatic nitrogens is 3. The van der Waals surface area contributed by atoms with Gasteiger partial charge in [0.25, 0.3) is 0 Å². The Morgan fingerprint density at radius 3 is 2.73 bits per heavy atom.